The molecule has 1 atom stereocenters. The zero-order valence-electron chi connectivity index (χ0n) is 14.5. The summed E-state index contributed by atoms with van der Waals surface area (Å²) in [7, 11) is 0. The molecule has 0 heterocycles. The number of nitro benzene ring substituents is 1. The van der Waals surface area contributed by atoms with E-state index in [1.54, 1.807) is 31.2 Å². The Morgan fingerprint density at radius 3 is 2.69 bits per heavy atom. The molecular formula is C18H20BrN3O4. The summed E-state index contributed by atoms with van der Waals surface area (Å²) in [5.74, 6) is 0.332. The van der Waals surface area contributed by atoms with Crippen molar-refractivity contribution in [1.29, 1.82) is 0 Å². The Kier molecular flexibility index (Phi) is 6.97. The van der Waals surface area contributed by atoms with Gasteiger partial charge >= 0.3 is 0 Å². The summed E-state index contributed by atoms with van der Waals surface area (Å²) in [6.45, 7) is 4.30. The number of nitrogens with one attached hydrogen (secondary N) is 2. The number of anilines is 1. The lowest BCUT2D eigenvalue weighted by molar-refractivity contribution is -0.384. The maximum Gasteiger partial charge on any atom is 0.292 e. The van der Waals surface area contributed by atoms with E-state index in [0.29, 0.717) is 24.5 Å². The highest BCUT2D eigenvalue weighted by Gasteiger charge is 2.16. The monoisotopic (exact) mass is 421 g/mol. The first kappa shape index (κ1) is 19.7. The zero-order valence-corrected chi connectivity index (χ0v) is 16.1. The minimum atomic E-state index is -0.667. The van der Waals surface area contributed by atoms with E-state index >= 15 is 0 Å². The van der Waals surface area contributed by atoms with Crippen LogP contribution in [0.4, 0.5) is 11.4 Å². The van der Waals surface area contributed by atoms with Gasteiger partial charge in [0.25, 0.3) is 11.6 Å². The van der Waals surface area contributed by atoms with Gasteiger partial charge in [-0.1, -0.05) is 18.2 Å². The summed E-state index contributed by atoms with van der Waals surface area (Å²) in [5.41, 5.74) is 1.50. The van der Waals surface area contributed by atoms with Gasteiger partial charge in [0.2, 0.25) is 0 Å². The molecule has 0 saturated carbocycles. The summed E-state index contributed by atoms with van der Waals surface area (Å²) in [5, 5.41) is 16.6. The molecule has 0 spiro atoms. The van der Waals surface area contributed by atoms with Crippen molar-refractivity contribution in [3.8, 4) is 5.75 Å². The first-order valence-electron chi connectivity index (χ1n) is 8.06. The number of hydrogen-bond donors (Lipinski definition) is 2. The highest BCUT2D eigenvalue weighted by Crippen LogP contribution is 2.26. The van der Waals surface area contributed by atoms with Crippen LogP contribution >= 0.6 is 15.9 Å². The van der Waals surface area contributed by atoms with Crippen LogP contribution in [-0.4, -0.2) is 30.0 Å². The molecule has 2 N–H and O–H groups in total. The molecule has 1 amide bonds. The van der Waals surface area contributed by atoms with Gasteiger partial charge in [0, 0.05) is 19.2 Å². The Labute approximate surface area is 160 Å². The van der Waals surface area contributed by atoms with Crippen LogP contribution in [0.3, 0.4) is 0 Å². The van der Waals surface area contributed by atoms with E-state index < -0.39 is 11.0 Å². The summed E-state index contributed by atoms with van der Waals surface area (Å²) in [6.07, 6.45) is -0.667. The Balaban J connectivity index is 1.80. The minimum Gasteiger partial charge on any atom is -0.480 e. The van der Waals surface area contributed by atoms with Crippen molar-refractivity contribution in [2.45, 2.75) is 20.0 Å². The van der Waals surface area contributed by atoms with Crippen molar-refractivity contribution in [2.75, 3.05) is 18.4 Å². The number of nitro groups is 1. The second-order valence-corrected chi connectivity index (χ2v) is 6.54. The fourth-order valence-corrected chi connectivity index (χ4v) is 2.84. The fraction of sp³-hybridized carbons (Fsp3) is 0.278. The number of aryl methyl sites for hydroxylation is 1. The lowest BCUT2D eigenvalue weighted by atomic mass is 10.2. The fourth-order valence-electron chi connectivity index (χ4n) is 2.25. The maximum atomic E-state index is 12.1. The number of benzene rings is 2. The van der Waals surface area contributed by atoms with Crippen LogP contribution in [-0.2, 0) is 4.79 Å². The van der Waals surface area contributed by atoms with Gasteiger partial charge < -0.3 is 15.4 Å². The van der Waals surface area contributed by atoms with Gasteiger partial charge in [-0.3, -0.25) is 14.9 Å². The van der Waals surface area contributed by atoms with E-state index in [1.165, 1.54) is 6.07 Å². The number of para-hydroxylation sites is 2. The van der Waals surface area contributed by atoms with Crippen LogP contribution in [0.2, 0.25) is 0 Å². The van der Waals surface area contributed by atoms with Crippen molar-refractivity contribution in [3.63, 3.8) is 0 Å². The third-order valence-electron chi connectivity index (χ3n) is 3.60. The molecule has 0 fully saturated rings. The highest BCUT2D eigenvalue weighted by atomic mass is 79.9. The molecule has 0 radical (unpaired) electrons. The Morgan fingerprint density at radius 1 is 1.27 bits per heavy atom. The van der Waals surface area contributed by atoms with Gasteiger partial charge in [-0.2, -0.15) is 0 Å². The second kappa shape index (κ2) is 9.19. The highest BCUT2D eigenvalue weighted by molar-refractivity contribution is 9.10. The van der Waals surface area contributed by atoms with Crippen molar-refractivity contribution < 1.29 is 14.5 Å². The van der Waals surface area contributed by atoms with Gasteiger partial charge in [0.05, 0.1) is 9.40 Å². The average Bonchev–Trinajstić information content (AvgIpc) is 2.61. The Morgan fingerprint density at radius 2 is 2.00 bits per heavy atom. The number of amides is 1. The molecule has 8 heteroatoms. The molecule has 0 bridgehead atoms. The van der Waals surface area contributed by atoms with Gasteiger partial charge in [-0.15, -0.1) is 0 Å². The smallest absolute Gasteiger partial charge is 0.292 e. The van der Waals surface area contributed by atoms with Crippen LogP contribution in [0.15, 0.2) is 46.9 Å². The Hall–Kier alpha value is -2.61. The van der Waals surface area contributed by atoms with E-state index in [4.69, 9.17) is 4.74 Å². The molecule has 26 heavy (non-hydrogen) atoms. The average molecular weight is 422 g/mol. The predicted octanol–water partition coefficient (Wildman–Crippen LogP) is 3.66. The molecule has 2 rings (SSSR count). The van der Waals surface area contributed by atoms with E-state index in [0.717, 1.165) is 10.0 Å². The van der Waals surface area contributed by atoms with Crippen LogP contribution in [0, 0.1) is 17.0 Å². The summed E-state index contributed by atoms with van der Waals surface area (Å²) in [4.78, 5) is 22.6. The van der Waals surface area contributed by atoms with Gasteiger partial charge in [-0.05, 0) is 53.5 Å². The normalized spacial score (nSPS) is 11.5. The molecule has 138 valence electrons. The number of carbonyl (C=O) groups excluding carboxylic acids is 1. The largest absolute Gasteiger partial charge is 0.480 e. The maximum absolute atomic E-state index is 12.1. The van der Waals surface area contributed by atoms with Gasteiger partial charge in [0.15, 0.2) is 6.10 Å². The van der Waals surface area contributed by atoms with Gasteiger partial charge in [0.1, 0.15) is 11.4 Å². The third kappa shape index (κ3) is 5.45. The molecule has 0 aliphatic heterocycles. The minimum absolute atomic E-state index is 0.000232. The first-order chi connectivity index (χ1) is 12.4. The van der Waals surface area contributed by atoms with Crippen molar-refractivity contribution >= 4 is 33.2 Å². The molecule has 0 aliphatic carbocycles. The summed E-state index contributed by atoms with van der Waals surface area (Å²) >= 11 is 3.41. The summed E-state index contributed by atoms with van der Waals surface area (Å²) in [6, 6.07) is 12.0. The van der Waals surface area contributed by atoms with E-state index in [1.807, 2.05) is 19.1 Å². The van der Waals surface area contributed by atoms with Crippen molar-refractivity contribution in [3.05, 3.63) is 62.6 Å². The number of nitrogens with zero attached hydrogens (tertiary/aromatic N) is 1. The van der Waals surface area contributed by atoms with Crippen LogP contribution in [0.5, 0.6) is 5.75 Å². The van der Waals surface area contributed by atoms with Gasteiger partial charge in [-0.25, -0.2) is 0 Å². The molecule has 1 unspecified atom stereocenters. The lowest BCUT2D eigenvalue weighted by Gasteiger charge is -2.16. The Bertz CT molecular complexity index is 798. The summed E-state index contributed by atoms with van der Waals surface area (Å²) < 4.78 is 6.45. The zero-order chi connectivity index (χ0) is 19.1. The first-order valence-corrected chi connectivity index (χ1v) is 8.85. The van der Waals surface area contributed by atoms with E-state index in [2.05, 4.69) is 26.6 Å². The number of rotatable bonds is 8. The van der Waals surface area contributed by atoms with E-state index in [-0.39, 0.29) is 11.6 Å². The standard InChI is InChI=1S/C18H20BrN3O4/c1-12-7-8-17(14(19)11-12)26-13(2)18(23)21-10-9-20-15-5-3-4-6-16(15)22(24)25/h3-8,11,13,20H,9-10H2,1-2H3,(H,21,23). The van der Waals surface area contributed by atoms with Crippen LogP contribution < -0.4 is 15.4 Å². The molecule has 0 aliphatic rings. The molecular weight excluding hydrogens is 402 g/mol. The molecule has 7 nitrogen and oxygen atoms in total. The second-order valence-electron chi connectivity index (χ2n) is 5.69. The molecule has 2 aromatic rings. The number of ether oxygens (including phenoxy) is 1. The molecule has 0 aromatic heterocycles. The quantitative estimate of drug-likeness (QED) is 0.385. The lowest BCUT2D eigenvalue weighted by Crippen LogP contribution is -2.38. The number of carbonyl (C=O) groups is 1. The SMILES string of the molecule is Cc1ccc(OC(C)C(=O)NCCNc2ccccc2[N+](=O)[O-])c(Br)c1. The number of halogens is 1. The predicted molar refractivity (Wildman–Crippen MR) is 104 cm³/mol. The number of hydrogen-bond acceptors (Lipinski definition) is 5. The molecule has 2 aromatic carbocycles. The van der Waals surface area contributed by atoms with E-state index in [9.17, 15) is 14.9 Å². The van der Waals surface area contributed by atoms with Crippen LogP contribution in [0.25, 0.3) is 0 Å². The molecule has 0 saturated heterocycles. The topological polar surface area (TPSA) is 93.5 Å². The van der Waals surface area contributed by atoms with Crippen LogP contribution in [0.1, 0.15) is 12.5 Å². The van der Waals surface area contributed by atoms with Crippen molar-refractivity contribution in [1.82, 2.24) is 5.32 Å². The van der Waals surface area contributed by atoms with Crippen molar-refractivity contribution in [2.24, 2.45) is 0 Å². The third-order valence-corrected chi connectivity index (χ3v) is 4.22.